The Labute approximate surface area is 228 Å². The molecule has 0 spiro atoms. The molecule has 2 aromatic rings. The molecule has 4 bridgehead atoms. The van der Waals surface area contributed by atoms with E-state index in [9.17, 15) is 14.4 Å². The average molecular weight is 532 g/mol. The predicted molar refractivity (Wildman–Crippen MR) is 143 cm³/mol. The van der Waals surface area contributed by atoms with Crippen LogP contribution in [0.2, 0.25) is 0 Å². The second-order valence-corrected chi connectivity index (χ2v) is 12.7. The van der Waals surface area contributed by atoms with Crippen molar-refractivity contribution in [2.75, 3.05) is 11.9 Å². The van der Waals surface area contributed by atoms with Crippen molar-refractivity contribution in [3.63, 3.8) is 0 Å². The van der Waals surface area contributed by atoms with Crippen LogP contribution in [0.15, 0.2) is 34.7 Å². The molecule has 3 amide bonds. The lowest BCUT2D eigenvalue weighted by Gasteiger charge is -2.57. The van der Waals surface area contributed by atoms with Crippen LogP contribution in [-0.4, -0.2) is 35.3 Å². The Morgan fingerprint density at radius 3 is 2.49 bits per heavy atom. The molecule has 0 radical (unpaired) electrons. The molecule has 2 aliphatic heterocycles. The lowest BCUT2D eigenvalue weighted by atomic mass is 9.49. The van der Waals surface area contributed by atoms with E-state index in [0.717, 1.165) is 47.1 Å². The standard InChI is InChI=1S/C31H37N3O5/c35-28-7-6-27(29(36)33-28)34-17-25-24(30(34)37)2-1-3-26(25)32-16-22-4-5-23(39-22)18-38-9-8-31-13-19-10-20(14-31)12-21(11-19)15-31/h1-5,19-21,27,32H,6-18H2,(H,33,35,36). The molecule has 1 saturated heterocycles. The summed E-state index contributed by atoms with van der Waals surface area (Å²) in [6.45, 7) is 2.11. The minimum Gasteiger partial charge on any atom is -0.462 e. The molecule has 3 heterocycles. The SMILES string of the molecule is O=C1CCC(N2Cc3c(NCc4ccc(COCCC56CC7CC(CC(C7)C5)C6)o4)cccc3C2=O)C(=O)N1. The summed E-state index contributed by atoms with van der Waals surface area (Å²) in [5, 5.41) is 5.76. The van der Waals surface area contributed by atoms with E-state index < -0.39 is 11.9 Å². The van der Waals surface area contributed by atoms with Gasteiger partial charge >= 0.3 is 0 Å². The van der Waals surface area contributed by atoms with Gasteiger partial charge in [-0.25, -0.2) is 0 Å². The molecule has 39 heavy (non-hydrogen) atoms. The smallest absolute Gasteiger partial charge is 0.255 e. The van der Waals surface area contributed by atoms with Crippen LogP contribution in [0.3, 0.4) is 0 Å². The van der Waals surface area contributed by atoms with Crippen molar-refractivity contribution in [3.8, 4) is 0 Å². The number of nitrogens with one attached hydrogen (secondary N) is 2. The molecule has 1 aromatic heterocycles. The van der Waals surface area contributed by atoms with Gasteiger partial charge in [0, 0.05) is 36.4 Å². The van der Waals surface area contributed by atoms with E-state index in [1.807, 2.05) is 24.3 Å². The highest BCUT2D eigenvalue weighted by Crippen LogP contribution is 2.61. The number of fused-ring (bicyclic) bond motifs is 1. The Morgan fingerprint density at radius 2 is 1.74 bits per heavy atom. The number of nitrogens with zero attached hydrogens (tertiary/aromatic N) is 1. The highest BCUT2D eigenvalue weighted by atomic mass is 16.5. The number of piperidine rings is 1. The Morgan fingerprint density at radius 1 is 1.00 bits per heavy atom. The number of benzene rings is 1. The Balaban J connectivity index is 0.917. The van der Waals surface area contributed by atoms with E-state index in [2.05, 4.69) is 10.6 Å². The average Bonchev–Trinajstić information content (AvgIpc) is 3.49. The van der Waals surface area contributed by atoms with Gasteiger partial charge in [0.15, 0.2) is 0 Å². The third-order valence-electron chi connectivity index (χ3n) is 9.94. The summed E-state index contributed by atoms with van der Waals surface area (Å²) in [5.74, 6) is 3.70. The molecule has 8 heteroatoms. The van der Waals surface area contributed by atoms with Gasteiger partial charge in [0.05, 0.1) is 6.54 Å². The minimum absolute atomic E-state index is 0.172. The van der Waals surface area contributed by atoms with Gasteiger partial charge in [-0.2, -0.15) is 0 Å². The van der Waals surface area contributed by atoms with Crippen LogP contribution < -0.4 is 10.6 Å². The molecule has 4 saturated carbocycles. The van der Waals surface area contributed by atoms with Gasteiger partial charge in [-0.1, -0.05) is 6.07 Å². The summed E-state index contributed by atoms with van der Waals surface area (Å²) >= 11 is 0. The quantitative estimate of drug-likeness (QED) is 0.357. The van der Waals surface area contributed by atoms with Crippen LogP contribution in [0.1, 0.15) is 85.2 Å². The summed E-state index contributed by atoms with van der Waals surface area (Å²) in [6.07, 6.45) is 10.5. The normalized spacial score (nSPS) is 31.1. The molecule has 1 atom stereocenters. The van der Waals surface area contributed by atoms with Gasteiger partial charge in [0.25, 0.3) is 5.91 Å². The van der Waals surface area contributed by atoms with Crippen molar-refractivity contribution >= 4 is 23.4 Å². The predicted octanol–water partition coefficient (Wildman–Crippen LogP) is 4.78. The van der Waals surface area contributed by atoms with Crippen molar-refractivity contribution < 1.29 is 23.5 Å². The fraction of sp³-hybridized carbons (Fsp3) is 0.581. The topological polar surface area (TPSA) is 101 Å². The van der Waals surface area contributed by atoms with Crippen molar-refractivity contribution in [1.29, 1.82) is 0 Å². The van der Waals surface area contributed by atoms with Crippen molar-refractivity contribution in [1.82, 2.24) is 10.2 Å². The minimum atomic E-state index is -0.619. The lowest BCUT2D eigenvalue weighted by Crippen LogP contribution is -2.52. The highest BCUT2D eigenvalue weighted by molar-refractivity contribution is 6.06. The van der Waals surface area contributed by atoms with Gasteiger partial charge in [0.2, 0.25) is 11.8 Å². The number of anilines is 1. The lowest BCUT2D eigenvalue weighted by molar-refractivity contribution is -0.136. The van der Waals surface area contributed by atoms with E-state index in [-0.39, 0.29) is 18.2 Å². The molecule has 206 valence electrons. The van der Waals surface area contributed by atoms with Crippen LogP contribution in [-0.2, 0) is 34.0 Å². The van der Waals surface area contributed by atoms with E-state index in [4.69, 9.17) is 9.15 Å². The summed E-state index contributed by atoms with van der Waals surface area (Å²) in [7, 11) is 0. The number of ether oxygens (including phenoxy) is 1. The third kappa shape index (κ3) is 4.77. The van der Waals surface area contributed by atoms with E-state index >= 15 is 0 Å². The van der Waals surface area contributed by atoms with Gasteiger partial charge < -0.3 is 19.4 Å². The molecule has 1 aromatic carbocycles. The summed E-state index contributed by atoms with van der Waals surface area (Å²) < 4.78 is 12.1. The van der Waals surface area contributed by atoms with Crippen molar-refractivity contribution in [3.05, 3.63) is 53.0 Å². The maximum atomic E-state index is 13.1. The molecule has 8 nitrogen and oxygen atoms in total. The summed E-state index contributed by atoms with van der Waals surface area (Å²) in [4.78, 5) is 38.5. The molecule has 1 unspecified atom stereocenters. The van der Waals surface area contributed by atoms with Gasteiger partial charge in [0.1, 0.15) is 24.2 Å². The van der Waals surface area contributed by atoms with Crippen LogP contribution in [0.4, 0.5) is 5.69 Å². The van der Waals surface area contributed by atoms with Crippen molar-refractivity contribution in [2.45, 2.75) is 83.5 Å². The fourth-order valence-electron chi connectivity index (χ4n) is 8.59. The van der Waals surface area contributed by atoms with Gasteiger partial charge in [-0.05, 0) is 98.8 Å². The van der Waals surface area contributed by atoms with E-state index in [0.29, 0.717) is 37.1 Å². The largest absolute Gasteiger partial charge is 0.462 e. The van der Waals surface area contributed by atoms with Crippen LogP contribution in [0, 0.1) is 23.2 Å². The maximum absolute atomic E-state index is 13.1. The van der Waals surface area contributed by atoms with Crippen molar-refractivity contribution in [2.24, 2.45) is 23.2 Å². The number of hydrogen-bond acceptors (Lipinski definition) is 6. The zero-order valence-electron chi connectivity index (χ0n) is 22.4. The van der Waals surface area contributed by atoms with Gasteiger partial charge in [-0.3, -0.25) is 19.7 Å². The first kappa shape index (κ1) is 24.9. The number of carbonyl (C=O) groups excluding carboxylic acids is 3. The molecule has 8 rings (SSSR count). The Hall–Kier alpha value is -3.13. The molecular weight excluding hydrogens is 494 g/mol. The maximum Gasteiger partial charge on any atom is 0.255 e. The fourth-order valence-corrected chi connectivity index (χ4v) is 8.59. The number of rotatable bonds is 9. The number of furan rings is 1. The third-order valence-corrected chi connectivity index (χ3v) is 9.94. The first-order valence-electron chi connectivity index (χ1n) is 14.6. The Bertz CT molecular complexity index is 1260. The molecule has 2 N–H and O–H groups in total. The first-order chi connectivity index (χ1) is 18.9. The van der Waals surface area contributed by atoms with Crippen LogP contribution in [0.5, 0.6) is 0 Å². The zero-order chi connectivity index (χ0) is 26.6. The first-order valence-corrected chi connectivity index (χ1v) is 14.6. The highest BCUT2D eigenvalue weighted by Gasteiger charge is 2.50. The number of hydrogen-bond donors (Lipinski definition) is 2. The number of imide groups is 1. The molecule has 5 fully saturated rings. The molecule has 4 aliphatic carbocycles. The van der Waals surface area contributed by atoms with Crippen LogP contribution >= 0.6 is 0 Å². The summed E-state index contributed by atoms with van der Waals surface area (Å²) in [6, 6.07) is 8.90. The number of amides is 3. The zero-order valence-corrected chi connectivity index (χ0v) is 22.4. The van der Waals surface area contributed by atoms with E-state index in [1.54, 1.807) is 11.0 Å². The molecule has 6 aliphatic rings. The number of carbonyl (C=O) groups is 3. The van der Waals surface area contributed by atoms with Crippen LogP contribution in [0.25, 0.3) is 0 Å². The monoisotopic (exact) mass is 531 g/mol. The van der Waals surface area contributed by atoms with Gasteiger partial charge in [-0.15, -0.1) is 0 Å². The second kappa shape index (κ2) is 9.81. The second-order valence-electron chi connectivity index (χ2n) is 12.7. The Kier molecular flexibility index (Phi) is 6.26. The molecular formula is C31H37N3O5. The van der Waals surface area contributed by atoms with E-state index in [1.165, 1.54) is 44.9 Å². The summed E-state index contributed by atoms with van der Waals surface area (Å²) in [5.41, 5.74) is 2.85.